The summed E-state index contributed by atoms with van der Waals surface area (Å²) >= 11 is 0. The van der Waals surface area contributed by atoms with Gasteiger partial charge < -0.3 is 16.0 Å². The summed E-state index contributed by atoms with van der Waals surface area (Å²) in [5.74, 6) is 0.0403. The molecule has 0 radical (unpaired) electrons. The Hall–Kier alpha value is -1.10. The largest absolute Gasteiger partial charge is 0.354 e. The van der Waals surface area contributed by atoms with Crippen LogP contribution < -0.4 is 16.0 Å². The topological polar surface area (TPSA) is 70.2 Å². The summed E-state index contributed by atoms with van der Waals surface area (Å²) in [5, 5.41) is 8.62. The fraction of sp³-hybridized carbons (Fsp3) is 0.800. The zero-order valence-corrected chi connectivity index (χ0v) is 9.30. The lowest BCUT2D eigenvalue weighted by Gasteiger charge is -2.13. The van der Waals surface area contributed by atoms with Gasteiger partial charge in [-0.3, -0.25) is 9.59 Å². The molecular formula is C10H19N3O2. The van der Waals surface area contributed by atoms with Crippen molar-refractivity contribution in [3.05, 3.63) is 0 Å². The minimum Gasteiger partial charge on any atom is -0.354 e. The van der Waals surface area contributed by atoms with Gasteiger partial charge in [0, 0.05) is 25.0 Å². The molecule has 0 aromatic heterocycles. The minimum absolute atomic E-state index is 0.0105. The molecule has 1 aliphatic heterocycles. The maximum Gasteiger partial charge on any atom is 0.234 e. The first-order valence-corrected chi connectivity index (χ1v) is 5.41. The summed E-state index contributed by atoms with van der Waals surface area (Å²) < 4.78 is 0. The molecule has 15 heavy (non-hydrogen) atoms. The summed E-state index contributed by atoms with van der Waals surface area (Å²) in [6.07, 6.45) is 1.39. The van der Waals surface area contributed by atoms with E-state index in [1.165, 1.54) is 0 Å². The highest BCUT2D eigenvalue weighted by atomic mass is 16.2. The Labute approximate surface area is 90.0 Å². The van der Waals surface area contributed by atoms with Gasteiger partial charge >= 0.3 is 0 Å². The van der Waals surface area contributed by atoms with Crippen LogP contribution in [0.15, 0.2) is 0 Å². The van der Waals surface area contributed by atoms with Gasteiger partial charge in [0.05, 0.1) is 6.54 Å². The summed E-state index contributed by atoms with van der Waals surface area (Å²) in [6.45, 7) is 4.90. The van der Waals surface area contributed by atoms with E-state index >= 15 is 0 Å². The molecule has 0 saturated carbocycles. The molecule has 86 valence electrons. The first kappa shape index (κ1) is 12.0. The molecule has 3 N–H and O–H groups in total. The van der Waals surface area contributed by atoms with Crippen molar-refractivity contribution in [2.24, 2.45) is 0 Å². The lowest BCUT2D eigenvalue weighted by atomic mass is 10.2. The SMILES string of the molecule is CCC(C)NC(=O)CNC1CNC(=O)C1. The summed E-state index contributed by atoms with van der Waals surface area (Å²) in [6, 6.07) is 0.308. The van der Waals surface area contributed by atoms with Crippen molar-refractivity contribution >= 4 is 11.8 Å². The fourth-order valence-corrected chi connectivity index (χ4v) is 1.41. The molecule has 0 aromatic rings. The second kappa shape index (κ2) is 5.70. The van der Waals surface area contributed by atoms with Crippen molar-refractivity contribution in [3.8, 4) is 0 Å². The van der Waals surface area contributed by atoms with Gasteiger partial charge in [-0.1, -0.05) is 6.92 Å². The van der Waals surface area contributed by atoms with Gasteiger partial charge in [0.15, 0.2) is 0 Å². The van der Waals surface area contributed by atoms with Gasteiger partial charge in [0.1, 0.15) is 0 Å². The van der Waals surface area contributed by atoms with Gasteiger partial charge in [-0.25, -0.2) is 0 Å². The minimum atomic E-state index is -0.0105. The van der Waals surface area contributed by atoms with Gasteiger partial charge in [-0.15, -0.1) is 0 Å². The van der Waals surface area contributed by atoms with Crippen LogP contribution in [0.25, 0.3) is 0 Å². The molecule has 1 saturated heterocycles. The van der Waals surface area contributed by atoms with Crippen LogP contribution in [0, 0.1) is 0 Å². The van der Waals surface area contributed by atoms with E-state index in [9.17, 15) is 9.59 Å². The third kappa shape index (κ3) is 4.29. The maximum atomic E-state index is 11.4. The lowest BCUT2D eigenvalue weighted by molar-refractivity contribution is -0.121. The molecule has 1 rings (SSSR count). The Kier molecular flexibility index (Phi) is 4.55. The van der Waals surface area contributed by atoms with Crippen molar-refractivity contribution in [3.63, 3.8) is 0 Å². The Morgan fingerprint density at radius 2 is 2.40 bits per heavy atom. The fourth-order valence-electron chi connectivity index (χ4n) is 1.41. The Balaban J connectivity index is 2.14. The first-order valence-electron chi connectivity index (χ1n) is 5.41. The number of hydrogen-bond acceptors (Lipinski definition) is 3. The summed E-state index contributed by atoms with van der Waals surface area (Å²) in [5.41, 5.74) is 0. The normalized spacial score (nSPS) is 22.3. The molecule has 0 aromatic carbocycles. The molecule has 2 unspecified atom stereocenters. The molecule has 2 atom stereocenters. The molecule has 5 heteroatoms. The second-order valence-corrected chi connectivity index (χ2v) is 3.96. The maximum absolute atomic E-state index is 11.4. The molecule has 2 amide bonds. The van der Waals surface area contributed by atoms with Gasteiger partial charge in [0.2, 0.25) is 11.8 Å². The van der Waals surface area contributed by atoms with E-state index < -0.39 is 0 Å². The van der Waals surface area contributed by atoms with E-state index in [1.807, 2.05) is 13.8 Å². The van der Waals surface area contributed by atoms with Crippen LogP contribution in [0.2, 0.25) is 0 Å². The van der Waals surface area contributed by atoms with E-state index in [0.717, 1.165) is 6.42 Å². The predicted octanol–water partition coefficient (Wildman–Crippen LogP) is -0.621. The molecular weight excluding hydrogens is 194 g/mol. The Morgan fingerprint density at radius 3 is 2.93 bits per heavy atom. The van der Waals surface area contributed by atoms with Gasteiger partial charge in [-0.05, 0) is 13.3 Å². The average molecular weight is 213 g/mol. The molecule has 0 aliphatic carbocycles. The monoisotopic (exact) mass is 213 g/mol. The van der Waals surface area contributed by atoms with Crippen molar-refractivity contribution in [2.45, 2.75) is 38.8 Å². The van der Waals surface area contributed by atoms with Crippen molar-refractivity contribution in [1.29, 1.82) is 0 Å². The van der Waals surface area contributed by atoms with Gasteiger partial charge in [-0.2, -0.15) is 0 Å². The van der Waals surface area contributed by atoms with Crippen molar-refractivity contribution in [1.82, 2.24) is 16.0 Å². The molecule has 1 heterocycles. The van der Waals surface area contributed by atoms with Crippen LogP contribution in [0.1, 0.15) is 26.7 Å². The van der Waals surface area contributed by atoms with Crippen LogP contribution >= 0.6 is 0 Å². The predicted molar refractivity (Wildman–Crippen MR) is 57.3 cm³/mol. The van der Waals surface area contributed by atoms with E-state index in [4.69, 9.17) is 0 Å². The number of amides is 2. The van der Waals surface area contributed by atoms with Crippen LogP contribution in [0.3, 0.4) is 0 Å². The third-order valence-corrected chi connectivity index (χ3v) is 2.55. The second-order valence-electron chi connectivity index (χ2n) is 3.96. The average Bonchev–Trinajstić information content (AvgIpc) is 2.61. The zero-order valence-electron chi connectivity index (χ0n) is 9.30. The molecule has 1 fully saturated rings. The van der Waals surface area contributed by atoms with Crippen LogP contribution in [0.4, 0.5) is 0 Å². The molecule has 0 bridgehead atoms. The van der Waals surface area contributed by atoms with E-state index in [2.05, 4.69) is 16.0 Å². The highest BCUT2D eigenvalue weighted by molar-refractivity contribution is 5.80. The van der Waals surface area contributed by atoms with Crippen LogP contribution in [0.5, 0.6) is 0 Å². The number of nitrogens with one attached hydrogen (secondary N) is 3. The first-order chi connectivity index (χ1) is 7.11. The quantitative estimate of drug-likeness (QED) is 0.570. The highest BCUT2D eigenvalue weighted by Gasteiger charge is 2.21. The standard InChI is InChI=1S/C10H19N3O2/c1-3-7(2)13-10(15)6-11-8-4-9(14)12-5-8/h7-8,11H,3-6H2,1-2H3,(H,12,14)(H,13,15). The number of rotatable bonds is 5. The number of carbonyl (C=O) groups excluding carboxylic acids is 2. The zero-order chi connectivity index (χ0) is 11.3. The molecule has 1 aliphatic rings. The highest BCUT2D eigenvalue weighted by Crippen LogP contribution is 1.98. The Bertz CT molecular complexity index is 243. The van der Waals surface area contributed by atoms with E-state index in [1.54, 1.807) is 0 Å². The van der Waals surface area contributed by atoms with Crippen LogP contribution in [-0.4, -0.2) is 37.0 Å². The van der Waals surface area contributed by atoms with E-state index in [0.29, 0.717) is 13.0 Å². The van der Waals surface area contributed by atoms with Crippen molar-refractivity contribution in [2.75, 3.05) is 13.1 Å². The van der Waals surface area contributed by atoms with E-state index in [-0.39, 0.29) is 30.4 Å². The number of carbonyl (C=O) groups is 2. The molecule has 0 spiro atoms. The lowest BCUT2D eigenvalue weighted by Crippen LogP contribution is -2.42. The third-order valence-electron chi connectivity index (χ3n) is 2.55. The summed E-state index contributed by atoms with van der Waals surface area (Å²) in [7, 11) is 0. The van der Waals surface area contributed by atoms with Gasteiger partial charge in [0.25, 0.3) is 0 Å². The Morgan fingerprint density at radius 1 is 1.67 bits per heavy atom. The van der Waals surface area contributed by atoms with Crippen molar-refractivity contribution < 1.29 is 9.59 Å². The van der Waals surface area contributed by atoms with Crippen LogP contribution in [-0.2, 0) is 9.59 Å². The smallest absolute Gasteiger partial charge is 0.234 e. The number of hydrogen-bond donors (Lipinski definition) is 3. The molecule has 5 nitrogen and oxygen atoms in total. The summed E-state index contributed by atoms with van der Waals surface area (Å²) in [4.78, 5) is 22.2.